The van der Waals surface area contributed by atoms with Crippen LogP contribution in [0.15, 0.2) is 24.3 Å². The molecule has 1 unspecified atom stereocenters. The minimum atomic E-state index is -2.28. The van der Waals surface area contributed by atoms with Gasteiger partial charge in [-0.25, -0.2) is 0 Å². The van der Waals surface area contributed by atoms with E-state index in [0.717, 1.165) is 5.56 Å². The van der Waals surface area contributed by atoms with Crippen molar-refractivity contribution in [3.05, 3.63) is 29.8 Å². The highest BCUT2D eigenvalue weighted by Crippen LogP contribution is 2.24. The molecule has 6 atom stereocenters. The number of hydrogen-bond donors (Lipinski definition) is 7. The first kappa shape index (κ1) is 25.1. The Morgan fingerprint density at radius 3 is 2.52 bits per heavy atom. The number of nitrogens with one attached hydrogen (secondary N) is 2. The van der Waals surface area contributed by atoms with Gasteiger partial charge in [0.25, 0.3) is 0 Å². The summed E-state index contributed by atoms with van der Waals surface area (Å²) < 4.78 is 4.99. The Kier molecular flexibility index (Phi) is 8.89. The fourth-order valence-electron chi connectivity index (χ4n) is 3.04. The molecule has 0 aromatic heterocycles. The average molecular weight is 442 g/mol. The molecule has 1 heterocycles. The molecule has 0 saturated carbocycles. The molecule has 1 fully saturated rings. The maximum Gasteiger partial charge on any atom is 0.240 e. The van der Waals surface area contributed by atoms with Crippen molar-refractivity contribution in [3.63, 3.8) is 0 Å². The van der Waals surface area contributed by atoms with Crippen LogP contribution in [-0.4, -0.2) is 87.1 Å². The van der Waals surface area contributed by atoms with E-state index in [9.17, 15) is 35.1 Å². The van der Waals surface area contributed by atoms with Crippen LogP contribution in [0.1, 0.15) is 19.4 Å². The van der Waals surface area contributed by atoms with Crippen molar-refractivity contribution in [3.8, 4) is 5.75 Å². The summed E-state index contributed by atoms with van der Waals surface area (Å²) in [5, 5.41) is 51.4. The van der Waals surface area contributed by atoms with E-state index in [1.165, 1.54) is 12.1 Å². The van der Waals surface area contributed by atoms with E-state index in [2.05, 4.69) is 10.8 Å². The number of hydrogen-bond acceptors (Lipinski definition) is 10. The van der Waals surface area contributed by atoms with Gasteiger partial charge in [0, 0.05) is 0 Å². The number of benzene rings is 1. The highest BCUT2D eigenvalue weighted by atomic mass is 16.7. The molecular formula is C20H30N2O9. The number of phenolic OH excluding ortho intramolecular Hbond substituents is 1. The van der Waals surface area contributed by atoms with E-state index in [4.69, 9.17) is 9.57 Å². The Morgan fingerprint density at radius 2 is 1.94 bits per heavy atom. The zero-order valence-electron chi connectivity index (χ0n) is 17.3. The lowest BCUT2D eigenvalue weighted by atomic mass is 9.97. The number of aliphatic hydroxyl groups excluding tert-OH is 3. The van der Waals surface area contributed by atoms with E-state index in [-0.39, 0.29) is 18.1 Å². The number of phenols is 1. The number of carbonyl (C=O) groups is 2. The van der Waals surface area contributed by atoms with Gasteiger partial charge in [0.1, 0.15) is 43.0 Å². The number of aldehydes is 1. The lowest BCUT2D eigenvalue weighted by molar-refractivity contribution is -0.339. The maximum absolute atomic E-state index is 12.7. The number of rotatable bonds is 10. The zero-order valence-corrected chi connectivity index (χ0v) is 17.3. The molecule has 11 nitrogen and oxygen atoms in total. The summed E-state index contributed by atoms with van der Waals surface area (Å²) >= 11 is 0. The van der Waals surface area contributed by atoms with Gasteiger partial charge >= 0.3 is 0 Å². The fourth-order valence-corrected chi connectivity index (χ4v) is 3.04. The Labute approximate surface area is 179 Å². The first-order valence-corrected chi connectivity index (χ1v) is 9.88. The third-order valence-electron chi connectivity index (χ3n) is 5.01. The Hall–Kier alpha value is -2.12. The zero-order chi connectivity index (χ0) is 23.2. The molecule has 2 rings (SSSR count). The highest BCUT2D eigenvalue weighted by molar-refractivity contribution is 5.84. The normalized spacial score (nSPS) is 28.2. The van der Waals surface area contributed by atoms with E-state index in [1.807, 2.05) is 0 Å². The van der Waals surface area contributed by atoms with Gasteiger partial charge in [0.05, 0.1) is 12.6 Å². The van der Waals surface area contributed by atoms with E-state index < -0.39 is 55.3 Å². The molecule has 1 aliphatic rings. The summed E-state index contributed by atoms with van der Waals surface area (Å²) in [4.78, 5) is 29.2. The van der Waals surface area contributed by atoms with Crippen molar-refractivity contribution in [2.45, 2.75) is 56.5 Å². The van der Waals surface area contributed by atoms with Crippen molar-refractivity contribution >= 4 is 12.2 Å². The molecule has 174 valence electrons. The van der Waals surface area contributed by atoms with Crippen LogP contribution < -0.4 is 10.8 Å². The lowest BCUT2D eigenvalue weighted by Gasteiger charge is -2.41. The van der Waals surface area contributed by atoms with E-state index in [0.29, 0.717) is 6.29 Å². The molecule has 0 spiro atoms. The van der Waals surface area contributed by atoms with Crippen LogP contribution in [-0.2, 0) is 25.6 Å². The summed E-state index contributed by atoms with van der Waals surface area (Å²) in [7, 11) is 0. The molecule has 31 heavy (non-hydrogen) atoms. The van der Waals surface area contributed by atoms with Crippen molar-refractivity contribution in [2.75, 3.05) is 13.2 Å². The molecule has 1 aliphatic heterocycles. The molecule has 1 aromatic carbocycles. The quantitative estimate of drug-likeness (QED) is 0.158. The summed E-state index contributed by atoms with van der Waals surface area (Å²) in [5.41, 5.74) is 3.23. The van der Waals surface area contributed by atoms with Crippen LogP contribution in [0.2, 0.25) is 0 Å². The SMILES string of the molecule is CC(C)[C@H](NOCC1(O)OC[C@@H](O)[C@@H](O)[C@@H]1O)C(=O)N[C@H](C=O)Cc1ccc(O)cc1. The second kappa shape index (κ2) is 11.0. The summed E-state index contributed by atoms with van der Waals surface area (Å²) in [5.74, 6) is -3.00. The third kappa shape index (κ3) is 6.68. The first-order valence-electron chi connectivity index (χ1n) is 9.88. The minimum absolute atomic E-state index is 0.0902. The van der Waals surface area contributed by atoms with Crippen molar-refractivity contribution < 1.29 is 44.7 Å². The molecule has 0 aliphatic carbocycles. The molecule has 1 aromatic rings. The van der Waals surface area contributed by atoms with Crippen LogP contribution in [0.25, 0.3) is 0 Å². The van der Waals surface area contributed by atoms with Gasteiger partial charge in [-0.1, -0.05) is 26.0 Å². The number of hydroxylamine groups is 1. The van der Waals surface area contributed by atoms with Gasteiger partial charge in [-0.2, -0.15) is 5.48 Å². The molecular weight excluding hydrogens is 412 g/mol. The number of aromatic hydroxyl groups is 1. The number of carbonyl (C=O) groups excluding carboxylic acids is 2. The first-order chi connectivity index (χ1) is 14.6. The Morgan fingerprint density at radius 1 is 1.29 bits per heavy atom. The number of aliphatic hydroxyl groups is 4. The molecule has 0 radical (unpaired) electrons. The lowest BCUT2D eigenvalue weighted by Crippen LogP contribution is -2.63. The Bertz CT molecular complexity index is 730. The van der Waals surface area contributed by atoms with Crippen LogP contribution >= 0.6 is 0 Å². The average Bonchev–Trinajstić information content (AvgIpc) is 2.73. The number of amides is 1. The van der Waals surface area contributed by atoms with Gasteiger partial charge in [0.15, 0.2) is 0 Å². The molecule has 11 heteroatoms. The molecule has 1 saturated heterocycles. The van der Waals surface area contributed by atoms with Crippen molar-refractivity contribution in [2.24, 2.45) is 5.92 Å². The largest absolute Gasteiger partial charge is 0.508 e. The van der Waals surface area contributed by atoms with Gasteiger partial charge in [-0.3, -0.25) is 9.63 Å². The maximum atomic E-state index is 12.7. The standard InChI is InChI=1S/C20H30N2O9/c1-11(2)16(22-31-10-20(29)18(27)17(26)15(25)9-30-20)19(28)21-13(8-23)7-12-3-5-14(24)6-4-12/h3-6,8,11,13,15-18,22,24-27,29H,7,9-10H2,1-2H3,(H,21,28)/t13-,15+,16-,17+,18-,20?/m0/s1. The summed E-state index contributed by atoms with van der Waals surface area (Å²) in [6.07, 6.45) is -3.98. The van der Waals surface area contributed by atoms with Gasteiger partial charge in [0.2, 0.25) is 11.7 Å². The van der Waals surface area contributed by atoms with E-state index >= 15 is 0 Å². The predicted octanol–water partition coefficient (Wildman–Crippen LogP) is -2.03. The minimum Gasteiger partial charge on any atom is -0.508 e. The van der Waals surface area contributed by atoms with Crippen molar-refractivity contribution in [1.82, 2.24) is 10.8 Å². The highest BCUT2D eigenvalue weighted by Gasteiger charge is 2.49. The fraction of sp³-hybridized carbons (Fsp3) is 0.600. The molecule has 1 amide bonds. The van der Waals surface area contributed by atoms with Gasteiger partial charge < -0.3 is 40.4 Å². The Balaban J connectivity index is 1.92. The van der Waals surface area contributed by atoms with Crippen LogP contribution in [0.3, 0.4) is 0 Å². The van der Waals surface area contributed by atoms with Gasteiger partial charge in [-0.05, 0) is 30.0 Å². The number of ether oxygens (including phenoxy) is 1. The van der Waals surface area contributed by atoms with Crippen LogP contribution in [0.4, 0.5) is 0 Å². The van der Waals surface area contributed by atoms with Gasteiger partial charge in [-0.15, -0.1) is 0 Å². The van der Waals surface area contributed by atoms with Crippen molar-refractivity contribution in [1.29, 1.82) is 0 Å². The second-order valence-electron chi connectivity index (χ2n) is 7.91. The van der Waals surface area contributed by atoms with Crippen LogP contribution in [0, 0.1) is 5.92 Å². The van der Waals surface area contributed by atoms with Crippen LogP contribution in [0.5, 0.6) is 5.75 Å². The molecule has 7 N–H and O–H groups in total. The summed E-state index contributed by atoms with van der Waals surface area (Å²) in [6.45, 7) is 2.41. The van der Waals surface area contributed by atoms with E-state index in [1.54, 1.807) is 26.0 Å². The predicted molar refractivity (Wildman–Crippen MR) is 106 cm³/mol. The topological polar surface area (TPSA) is 178 Å². The summed E-state index contributed by atoms with van der Waals surface area (Å²) in [6, 6.07) is 4.51. The smallest absolute Gasteiger partial charge is 0.240 e. The second-order valence-corrected chi connectivity index (χ2v) is 7.91. The third-order valence-corrected chi connectivity index (χ3v) is 5.01. The monoisotopic (exact) mass is 442 g/mol. The molecule has 0 bridgehead atoms.